The summed E-state index contributed by atoms with van der Waals surface area (Å²) in [5.41, 5.74) is 5.78. The van der Waals surface area contributed by atoms with Gasteiger partial charge in [-0.2, -0.15) is 0 Å². The summed E-state index contributed by atoms with van der Waals surface area (Å²) in [7, 11) is 0. The Bertz CT molecular complexity index is 644. The number of para-hydroxylation sites is 1. The Hall–Kier alpha value is -3.02. The highest BCUT2D eigenvalue weighted by atomic mass is 16.6. The van der Waals surface area contributed by atoms with Gasteiger partial charge in [-0.25, -0.2) is 9.59 Å². The van der Waals surface area contributed by atoms with Crippen LogP contribution in [0.4, 0.5) is 10.5 Å². The van der Waals surface area contributed by atoms with Crippen LogP contribution in [-0.4, -0.2) is 25.2 Å². The fourth-order valence-corrected chi connectivity index (χ4v) is 1.76. The first kappa shape index (κ1) is 15.4. The topological polar surface area (TPSA) is 90.7 Å². The highest BCUT2D eigenvalue weighted by Crippen LogP contribution is 2.12. The molecule has 0 radical (unpaired) electrons. The zero-order chi connectivity index (χ0) is 15.8. The number of hydrogen-bond acceptors (Lipinski definition) is 4. The van der Waals surface area contributed by atoms with Gasteiger partial charge >= 0.3 is 12.0 Å². The zero-order valence-corrected chi connectivity index (χ0v) is 11.8. The van der Waals surface area contributed by atoms with Crippen molar-refractivity contribution in [1.29, 1.82) is 0 Å². The number of esters is 1. The van der Waals surface area contributed by atoms with Crippen molar-refractivity contribution in [3.8, 4) is 5.75 Å². The van der Waals surface area contributed by atoms with Gasteiger partial charge in [0, 0.05) is 5.69 Å². The number of urea groups is 1. The summed E-state index contributed by atoms with van der Waals surface area (Å²) in [6.07, 6.45) is 0. The molecule has 0 aromatic heterocycles. The molecule has 3 N–H and O–H groups in total. The van der Waals surface area contributed by atoms with E-state index >= 15 is 0 Å². The van der Waals surface area contributed by atoms with Gasteiger partial charge in [-0.3, -0.25) is 0 Å². The number of ether oxygens (including phenoxy) is 2. The van der Waals surface area contributed by atoms with E-state index in [2.05, 4.69) is 5.32 Å². The Morgan fingerprint density at radius 2 is 1.77 bits per heavy atom. The molecule has 2 aromatic carbocycles. The van der Waals surface area contributed by atoms with Crippen molar-refractivity contribution in [3.05, 3.63) is 60.2 Å². The van der Waals surface area contributed by atoms with Gasteiger partial charge in [-0.1, -0.05) is 24.3 Å². The van der Waals surface area contributed by atoms with E-state index in [1.807, 2.05) is 30.3 Å². The molecule has 0 atom stereocenters. The summed E-state index contributed by atoms with van der Waals surface area (Å²) in [5, 5.41) is 2.40. The summed E-state index contributed by atoms with van der Waals surface area (Å²) in [6.45, 7) is 0.385. The number of nitrogens with one attached hydrogen (secondary N) is 1. The Morgan fingerprint density at radius 1 is 1.00 bits per heavy atom. The summed E-state index contributed by atoms with van der Waals surface area (Å²) >= 11 is 0. The normalized spacial score (nSPS) is 9.82. The molecule has 0 saturated carbocycles. The maximum atomic E-state index is 11.9. The molecule has 2 amide bonds. The number of nitrogens with two attached hydrogens (primary N) is 1. The minimum absolute atomic E-state index is 0.126. The minimum Gasteiger partial charge on any atom is -0.490 e. The van der Waals surface area contributed by atoms with Crippen LogP contribution >= 0.6 is 0 Å². The van der Waals surface area contributed by atoms with E-state index in [-0.39, 0.29) is 13.2 Å². The van der Waals surface area contributed by atoms with Crippen LogP contribution in [0.25, 0.3) is 0 Å². The second kappa shape index (κ2) is 7.68. The lowest BCUT2D eigenvalue weighted by atomic mass is 10.2. The highest BCUT2D eigenvalue weighted by molar-refractivity contribution is 5.93. The lowest BCUT2D eigenvalue weighted by molar-refractivity contribution is 0.0450. The van der Waals surface area contributed by atoms with Crippen LogP contribution in [0.2, 0.25) is 0 Å². The van der Waals surface area contributed by atoms with Gasteiger partial charge in [0.25, 0.3) is 0 Å². The molecule has 0 unspecified atom stereocenters. The van der Waals surface area contributed by atoms with Gasteiger partial charge in [0.1, 0.15) is 19.0 Å². The SMILES string of the molecule is NC(=O)Nc1cccc(C(=O)OCCOc2ccccc2)c1. The number of anilines is 1. The Balaban J connectivity index is 1.81. The van der Waals surface area contributed by atoms with Crippen molar-refractivity contribution >= 4 is 17.7 Å². The third-order valence-electron chi connectivity index (χ3n) is 2.69. The molecule has 0 bridgehead atoms. The van der Waals surface area contributed by atoms with E-state index in [1.54, 1.807) is 18.2 Å². The molecule has 0 spiro atoms. The smallest absolute Gasteiger partial charge is 0.338 e. The fourth-order valence-electron chi connectivity index (χ4n) is 1.76. The Labute approximate surface area is 127 Å². The van der Waals surface area contributed by atoms with E-state index < -0.39 is 12.0 Å². The molecule has 0 heterocycles. The Morgan fingerprint density at radius 3 is 2.50 bits per heavy atom. The molecule has 114 valence electrons. The molecule has 6 heteroatoms. The monoisotopic (exact) mass is 300 g/mol. The predicted octanol–water partition coefficient (Wildman–Crippen LogP) is 2.41. The minimum atomic E-state index is -0.693. The van der Waals surface area contributed by atoms with E-state index in [0.29, 0.717) is 17.0 Å². The number of carbonyl (C=O) groups is 2. The van der Waals surface area contributed by atoms with Crippen molar-refractivity contribution in [3.63, 3.8) is 0 Å². The third kappa shape index (κ3) is 4.82. The lowest BCUT2D eigenvalue weighted by Gasteiger charge is -2.08. The number of benzene rings is 2. The van der Waals surface area contributed by atoms with Crippen LogP contribution in [0.3, 0.4) is 0 Å². The van der Waals surface area contributed by atoms with E-state index in [0.717, 1.165) is 0 Å². The molecular formula is C16H16N2O4. The second-order valence-electron chi connectivity index (χ2n) is 4.37. The third-order valence-corrected chi connectivity index (χ3v) is 2.69. The first-order valence-corrected chi connectivity index (χ1v) is 6.66. The van der Waals surface area contributed by atoms with Crippen LogP contribution < -0.4 is 15.8 Å². The quantitative estimate of drug-likeness (QED) is 0.633. The molecule has 0 aliphatic carbocycles. The van der Waals surface area contributed by atoms with Crippen LogP contribution in [-0.2, 0) is 4.74 Å². The van der Waals surface area contributed by atoms with Gasteiger partial charge in [-0.05, 0) is 30.3 Å². The standard InChI is InChI=1S/C16H16N2O4/c17-16(20)18-13-6-4-5-12(11-13)15(19)22-10-9-21-14-7-2-1-3-8-14/h1-8,11H,9-10H2,(H3,17,18,20). The lowest BCUT2D eigenvalue weighted by Crippen LogP contribution is -2.19. The first-order valence-electron chi connectivity index (χ1n) is 6.66. The predicted molar refractivity (Wildman–Crippen MR) is 81.9 cm³/mol. The van der Waals surface area contributed by atoms with Gasteiger partial charge < -0.3 is 20.5 Å². The first-order chi connectivity index (χ1) is 10.6. The number of rotatable bonds is 6. The molecule has 6 nitrogen and oxygen atoms in total. The van der Waals surface area contributed by atoms with E-state index in [4.69, 9.17) is 15.2 Å². The van der Waals surface area contributed by atoms with Crippen LogP contribution in [0.1, 0.15) is 10.4 Å². The van der Waals surface area contributed by atoms with Crippen molar-refractivity contribution in [2.75, 3.05) is 18.5 Å². The maximum Gasteiger partial charge on any atom is 0.338 e. The van der Waals surface area contributed by atoms with Gasteiger partial charge in [0.15, 0.2) is 0 Å². The maximum absolute atomic E-state index is 11.9. The zero-order valence-electron chi connectivity index (χ0n) is 11.8. The van der Waals surface area contributed by atoms with Gasteiger partial charge in [-0.15, -0.1) is 0 Å². The Kier molecular flexibility index (Phi) is 5.37. The number of primary amides is 1. The molecule has 2 rings (SSSR count). The summed E-state index contributed by atoms with van der Waals surface area (Å²) in [6, 6.07) is 14.9. The molecule has 0 aliphatic rings. The highest BCUT2D eigenvalue weighted by Gasteiger charge is 2.08. The molecule has 0 saturated heterocycles. The van der Waals surface area contributed by atoms with Crippen molar-refractivity contribution in [1.82, 2.24) is 0 Å². The molecular weight excluding hydrogens is 284 g/mol. The summed E-state index contributed by atoms with van der Waals surface area (Å²) < 4.78 is 10.5. The molecule has 0 fully saturated rings. The summed E-state index contributed by atoms with van der Waals surface area (Å²) in [4.78, 5) is 22.6. The average Bonchev–Trinajstić information content (AvgIpc) is 2.52. The van der Waals surface area contributed by atoms with Crippen LogP contribution in [0, 0.1) is 0 Å². The molecule has 22 heavy (non-hydrogen) atoms. The van der Waals surface area contributed by atoms with E-state index in [9.17, 15) is 9.59 Å². The van der Waals surface area contributed by atoms with E-state index in [1.165, 1.54) is 6.07 Å². The van der Waals surface area contributed by atoms with Crippen molar-refractivity contribution in [2.45, 2.75) is 0 Å². The van der Waals surface area contributed by atoms with Crippen LogP contribution in [0.5, 0.6) is 5.75 Å². The number of hydrogen-bond donors (Lipinski definition) is 2. The molecule has 0 aliphatic heterocycles. The van der Waals surface area contributed by atoms with Gasteiger partial charge in [0.2, 0.25) is 0 Å². The number of amides is 2. The second-order valence-corrected chi connectivity index (χ2v) is 4.37. The number of carbonyl (C=O) groups excluding carboxylic acids is 2. The van der Waals surface area contributed by atoms with Crippen molar-refractivity contribution in [2.24, 2.45) is 5.73 Å². The van der Waals surface area contributed by atoms with Crippen LogP contribution in [0.15, 0.2) is 54.6 Å². The van der Waals surface area contributed by atoms with Crippen molar-refractivity contribution < 1.29 is 19.1 Å². The average molecular weight is 300 g/mol. The largest absolute Gasteiger partial charge is 0.490 e. The van der Waals surface area contributed by atoms with Gasteiger partial charge in [0.05, 0.1) is 5.56 Å². The fraction of sp³-hybridized carbons (Fsp3) is 0.125. The molecule has 2 aromatic rings. The summed E-state index contributed by atoms with van der Waals surface area (Å²) in [5.74, 6) is 0.219.